The number of nitrogens with zero attached hydrogens (tertiary/aromatic N) is 6. The number of pyridine rings is 1. The third kappa shape index (κ3) is 7.02. The third-order valence-electron chi connectivity index (χ3n) is 7.50. The van der Waals surface area contributed by atoms with Crippen LogP contribution in [0, 0.1) is 10.1 Å². The summed E-state index contributed by atoms with van der Waals surface area (Å²) >= 11 is 0. The number of hydrogen-bond acceptors (Lipinski definition) is 9. The first-order chi connectivity index (χ1) is 21.2. The van der Waals surface area contributed by atoms with Gasteiger partial charge >= 0.3 is 18.0 Å². The molecule has 0 N–H and O–H groups in total. The van der Waals surface area contributed by atoms with E-state index in [0.717, 1.165) is 62.0 Å². The molecule has 6 rings (SSSR count). The molecule has 44 heavy (non-hydrogen) atoms. The smallest absolute Gasteiger partial charge is 0.417 e. The molecule has 0 amide bonds. The van der Waals surface area contributed by atoms with Crippen LogP contribution in [-0.4, -0.2) is 63.2 Å². The largest absolute Gasteiger partial charge is 0.490 e. The van der Waals surface area contributed by atoms with Gasteiger partial charge in [-0.25, -0.2) is 4.98 Å². The molecule has 230 valence electrons. The molecule has 2 aliphatic rings. The van der Waals surface area contributed by atoms with E-state index in [2.05, 4.69) is 19.8 Å². The van der Waals surface area contributed by atoms with Crippen LogP contribution >= 0.6 is 0 Å². The minimum absolute atomic E-state index is 0.100. The summed E-state index contributed by atoms with van der Waals surface area (Å²) in [7, 11) is 0. The van der Waals surface area contributed by atoms with Gasteiger partial charge in [-0.2, -0.15) is 13.2 Å². The van der Waals surface area contributed by atoms with Crippen molar-refractivity contribution in [2.45, 2.75) is 31.8 Å². The molecule has 11 nitrogen and oxygen atoms in total. The van der Waals surface area contributed by atoms with Crippen molar-refractivity contribution in [2.24, 2.45) is 0 Å². The number of fused-ring (bicyclic) bond motifs is 1. The number of piperazine rings is 1. The van der Waals surface area contributed by atoms with Gasteiger partial charge in [-0.3, -0.25) is 9.47 Å². The van der Waals surface area contributed by atoms with E-state index in [1.165, 1.54) is 12.3 Å². The van der Waals surface area contributed by atoms with Gasteiger partial charge in [0.25, 0.3) is 0 Å². The highest BCUT2D eigenvalue weighted by molar-refractivity contribution is 5.49. The van der Waals surface area contributed by atoms with Gasteiger partial charge in [0.1, 0.15) is 30.4 Å². The van der Waals surface area contributed by atoms with Gasteiger partial charge in [0.05, 0.1) is 5.56 Å². The molecule has 14 heteroatoms. The first-order valence-corrected chi connectivity index (χ1v) is 14.1. The summed E-state index contributed by atoms with van der Waals surface area (Å²) in [6.45, 7) is 5.19. The zero-order valence-corrected chi connectivity index (χ0v) is 23.5. The number of alkyl halides is 3. The second-order valence-corrected chi connectivity index (χ2v) is 10.6. The van der Waals surface area contributed by atoms with Crippen LogP contribution in [0.25, 0.3) is 0 Å². The summed E-state index contributed by atoms with van der Waals surface area (Å²) in [6, 6.07) is 17.8. The van der Waals surface area contributed by atoms with Crippen molar-refractivity contribution in [3.05, 3.63) is 94.3 Å². The van der Waals surface area contributed by atoms with Gasteiger partial charge in [-0.15, -0.1) is 0 Å². The topological polar surface area (TPSA) is 108 Å². The Morgan fingerprint density at radius 2 is 1.68 bits per heavy atom. The number of ether oxygens (including phenoxy) is 3. The number of halogens is 3. The predicted octanol–water partition coefficient (Wildman–Crippen LogP) is 5.55. The molecule has 4 aromatic rings. The summed E-state index contributed by atoms with van der Waals surface area (Å²) in [5, 5.41) is 10.9. The van der Waals surface area contributed by atoms with E-state index in [4.69, 9.17) is 14.2 Å². The number of hydrogen-bond donors (Lipinski definition) is 0. The summed E-state index contributed by atoms with van der Waals surface area (Å²) in [5.41, 5.74) is 1.40. The SMILES string of the molecule is O=[N+]([O-])c1cn2c(n1)O[C@@H](COc1ccc(N3CCN(Cc4ccc(Oc5ccc(C(F)(F)F)cn5)cc4)CC3)cc1)CC2. The minimum Gasteiger partial charge on any atom is -0.490 e. The van der Waals surface area contributed by atoms with Gasteiger partial charge in [0.15, 0.2) is 0 Å². The molecule has 2 aliphatic heterocycles. The molecule has 0 spiro atoms. The highest BCUT2D eigenvalue weighted by Gasteiger charge is 2.31. The molecule has 0 radical (unpaired) electrons. The Morgan fingerprint density at radius 3 is 2.34 bits per heavy atom. The van der Waals surface area contributed by atoms with Gasteiger partial charge in [-0.1, -0.05) is 12.1 Å². The molecule has 0 bridgehead atoms. The lowest BCUT2D eigenvalue weighted by atomic mass is 10.2. The predicted molar refractivity (Wildman–Crippen MR) is 153 cm³/mol. The average molecular weight is 611 g/mol. The number of rotatable bonds is 9. The number of nitro groups is 1. The zero-order chi connectivity index (χ0) is 30.7. The van der Waals surface area contributed by atoms with Gasteiger partial charge in [0, 0.05) is 68.6 Å². The van der Waals surface area contributed by atoms with Crippen molar-refractivity contribution < 1.29 is 32.3 Å². The Hall–Kier alpha value is -4.85. The summed E-state index contributed by atoms with van der Waals surface area (Å²) in [6.07, 6.45) is -1.86. The molecule has 2 aromatic carbocycles. The third-order valence-corrected chi connectivity index (χ3v) is 7.50. The number of imidazole rings is 1. The van der Waals surface area contributed by atoms with Crippen molar-refractivity contribution in [3.8, 4) is 23.4 Å². The normalized spacial score (nSPS) is 17.1. The summed E-state index contributed by atoms with van der Waals surface area (Å²) in [5.74, 6) is 1.10. The van der Waals surface area contributed by atoms with E-state index in [1.807, 2.05) is 36.4 Å². The minimum atomic E-state index is -4.44. The Bertz CT molecular complexity index is 1570. The van der Waals surface area contributed by atoms with Crippen molar-refractivity contribution >= 4 is 11.5 Å². The Balaban J connectivity index is 0.933. The van der Waals surface area contributed by atoms with Crippen LogP contribution in [0.3, 0.4) is 0 Å². The highest BCUT2D eigenvalue weighted by Crippen LogP contribution is 2.30. The summed E-state index contributed by atoms with van der Waals surface area (Å²) < 4.78 is 57.1. The molecule has 1 fully saturated rings. The van der Waals surface area contributed by atoms with E-state index in [9.17, 15) is 23.3 Å². The number of benzene rings is 2. The van der Waals surface area contributed by atoms with E-state index in [1.54, 1.807) is 16.7 Å². The van der Waals surface area contributed by atoms with Crippen LogP contribution in [0.5, 0.6) is 23.4 Å². The second kappa shape index (κ2) is 12.4. The van der Waals surface area contributed by atoms with Crippen LogP contribution in [0.4, 0.5) is 24.7 Å². The zero-order valence-electron chi connectivity index (χ0n) is 23.5. The van der Waals surface area contributed by atoms with Crippen molar-refractivity contribution in [2.75, 3.05) is 37.7 Å². The van der Waals surface area contributed by atoms with Gasteiger partial charge in [-0.05, 0) is 53.0 Å². The Morgan fingerprint density at radius 1 is 0.955 bits per heavy atom. The van der Waals surface area contributed by atoms with Crippen molar-refractivity contribution in [1.29, 1.82) is 0 Å². The first-order valence-electron chi connectivity index (χ1n) is 14.1. The number of aryl methyl sites for hydroxylation is 1. The van der Waals surface area contributed by atoms with Crippen LogP contribution in [-0.2, 0) is 19.3 Å². The standard InChI is InChI=1S/C30H29F3N6O5/c31-30(32,33)22-3-10-28(34-17-22)43-25-6-1-21(2-7-25)18-36-13-15-37(16-14-36)23-4-8-24(9-5-23)42-20-26-11-12-38-19-27(39(40)41)35-29(38)44-26/h1-10,17,19,26H,11-16,18,20H2/t26-/m1/s1. The maximum Gasteiger partial charge on any atom is 0.417 e. The van der Waals surface area contributed by atoms with Crippen LogP contribution in [0.15, 0.2) is 73.1 Å². The van der Waals surface area contributed by atoms with Crippen molar-refractivity contribution in [1.82, 2.24) is 19.4 Å². The first kappa shape index (κ1) is 29.2. The molecular formula is C30H29F3N6O5. The van der Waals surface area contributed by atoms with Crippen LogP contribution < -0.4 is 19.1 Å². The fourth-order valence-electron chi connectivity index (χ4n) is 5.09. The van der Waals surface area contributed by atoms with E-state index < -0.39 is 16.7 Å². The van der Waals surface area contributed by atoms with Crippen molar-refractivity contribution in [3.63, 3.8) is 0 Å². The molecule has 2 aromatic heterocycles. The van der Waals surface area contributed by atoms with E-state index in [-0.39, 0.29) is 23.8 Å². The monoisotopic (exact) mass is 610 g/mol. The fraction of sp³-hybridized carbons (Fsp3) is 0.333. The van der Waals surface area contributed by atoms with Gasteiger partial charge in [0.2, 0.25) is 5.88 Å². The average Bonchev–Trinajstić information content (AvgIpc) is 3.46. The summed E-state index contributed by atoms with van der Waals surface area (Å²) in [4.78, 5) is 22.8. The molecule has 0 unspecified atom stereocenters. The molecular weight excluding hydrogens is 581 g/mol. The van der Waals surface area contributed by atoms with Crippen LogP contribution in [0.2, 0.25) is 0 Å². The lowest BCUT2D eigenvalue weighted by Crippen LogP contribution is -2.45. The lowest BCUT2D eigenvalue weighted by molar-refractivity contribution is -0.389. The molecule has 4 heterocycles. The Kier molecular flexibility index (Phi) is 8.24. The quantitative estimate of drug-likeness (QED) is 0.178. The molecule has 0 aliphatic carbocycles. The van der Waals surface area contributed by atoms with Crippen LogP contribution in [0.1, 0.15) is 17.5 Å². The van der Waals surface area contributed by atoms with Gasteiger partial charge < -0.3 is 29.2 Å². The maximum atomic E-state index is 12.7. The molecule has 0 saturated carbocycles. The lowest BCUT2D eigenvalue weighted by Gasteiger charge is -2.36. The van der Waals surface area contributed by atoms with E-state index >= 15 is 0 Å². The second-order valence-electron chi connectivity index (χ2n) is 10.6. The Labute approximate surface area is 250 Å². The molecule has 1 atom stereocenters. The fourth-order valence-corrected chi connectivity index (χ4v) is 5.09. The number of aromatic nitrogens is 3. The van der Waals surface area contributed by atoms with E-state index in [0.29, 0.717) is 25.3 Å². The molecule has 1 saturated heterocycles. The highest BCUT2D eigenvalue weighted by atomic mass is 19.4. The maximum absolute atomic E-state index is 12.7. The number of anilines is 1.